The van der Waals surface area contributed by atoms with Crippen LogP contribution in [0.15, 0.2) is 71.1 Å². The number of amides is 1. The molecule has 5 rings (SSSR count). The quantitative estimate of drug-likeness (QED) is 0.431. The highest BCUT2D eigenvalue weighted by atomic mass is 32.2. The fourth-order valence-corrected chi connectivity index (χ4v) is 5.76. The van der Waals surface area contributed by atoms with Crippen molar-refractivity contribution >= 4 is 35.1 Å². The normalized spacial score (nSPS) is 15.8. The maximum atomic E-state index is 13.3. The van der Waals surface area contributed by atoms with Crippen molar-refractivity contribution in [2.24, 2.45) is 0 Å². The molecule has 3 nitrogen and oxygen atoms in total. The Hall–Kier alpha value is -2.98. The standard InChI is InChI=1S/C30H32N2OS/c1-21-6-8-23(9-7-21)24-10-13-29-26(19-24)20-25(14-17-34-29)30(33)31-28-12-11-27(18-22(28)2)32-15-4-3-5-16-32/h6-13,18-20H,3-5,14-17H2,1-2H3,(H,31,33). The Labute approximate surface area is 207 Å². The van der Waals surface area contributed by atoms with Crippen LogP contribution in [0, 0.1) is 13.8 Å². The maximum Gasteiger partial charge on any atom is 0.251 e. The van der Waals surface area contributed by atoms with Gasteiger partial charge in [0.15, 0.2) is 0 Å². The SMILES string of the molecule is Cc1ccc(-c2ccc3c(c2)C=C(C(=O)Nc2ccc(N4CCCCC4)cc2C)CCS3)cc1. The molecule has 174 valence electrons. The number of nitrogens with one attached hydrogen (secondary N) is 1. The summed E-state index contributed by atoms with van der Waals surface area (Å²) in [4.78, 5) is 17.0. The molecule has 0 spiro atoms. The summed E-state index contributed by atoms with van der Waals surface area (Å²) >= 11 is 1.83. The lowest BCUT2D eigenvalue weighted by Crippen LogP contribution is -2.29. The van der Waals surface area contributed by atoms with Gasteiger partial charge in [0.05, 0.1) is 0 Å². The number of thioether (sulfide) groups is 1. The van der Waals surface area contributed by atoms with Crippen LogP contribution in [0.25, 0.3) is 17.2 Å². The van der Waals surface area contributed by atoms with E-state index in [0.29, 0.717) is 0 Å². The minimum Gasteiger partial charge on any atom is -0.372 e. The Morgan fingerprint density at radius 1 is 0.882 bits per heavy atom. The third-order valence-corrected chi connectivity index (χ3v) is 7.92. The summed E-state index contributed by atoms with van der Waals surface area (Å²) in [5.41, 5.74) is 8.88. The van der Waals surface area contributed by atoms with Crippen molar-refractivity contribution in [3.8, 4) is 11.1 Å². The lowest BCUT2D eigenvalue weighted by molar-refractivity contribution is -0.112. The van der Waals surface area contributed by atoms with Gasteiger partial charge >= 0.3 is 0 Å². The highest BCUT2D eigenvalue weighted by Crippen LogP contribution is 2.34. The Kier molecular flexibility index (Phi) is 6.77. The van der Waals surface area contributed by atoms with Gasteiger partial charge in [0.25, 0.3) is 5.91 Å². The smallest absolute Gasteiger partial charge is 0.251 e. The number of piperidine rings is 1. The molecule has 1 amide bonds. The van der Waals surface area contributed by atoms with E-state index in [4.69, 9.17) is 0 Å². The van der Waals surface area contributed by atoms with Gasteiger partial charge in [0.1, 0.15) is 0 Å². The van der Waals surface area contributed by atoms with E-state index in [1.807, 2.05) is 11.8 Å². The Bertz CT molecular complexity index is 1220. The van der Waals surface area contributed by atoms with E-state index in [9.17, 15) is 4.79 Å². The van der Waals surface area contributed by atoms with Crippen LogP contribution in [-0.4, -0.2) is 24.7 Å². The fourth-order valence-electron chi connectivity index (χ4n) is 4.77. The van der Waals surface area contributed by atoms with Crippen LogP contribution in [0.5, 0.6) is 0 Å². The second-order valence-electron chi connectivity index (χ2n) is 9.39. The second kappa shape index (κ2) is 10.1. The first-order valence-electron chi connectivity index (χ1n) is 12.3. The van der Waals surface area contributed by atoms with E-state index < -0.39 is 0 Å². The van der Waals surface area contributed by atoms with Crippen molar-refractivity contribution < 1.29 is 4.79 Å². The van der Waals surface area contributed by atoms with Gasteiger partial charge in [-0.05, 0) is 98.2 Å². The van der Waals surface area contributed by atoms with Crippen LogP contribution in [-0.2, 0) is 4.79 Å². The lowest BCUT2D eigenvalue weighted by atomic mass is 10.00. The average Bonchev–Trinajstić information content (AvgIpc) is 3.08. The number of hydrogen-bond donors (Lipinski definition) is 1. The molecule has 0 aliphatic carbocycles. The van der Waals surface area contributed by atoms with Gasteiger partial charge in [-0.2, -0.15) is 0 Å². The van der Waals surface area contributed by atoms with Crippen molar-refractivity contribution in [1.82, 2.24) is 0 Å². The molecule has 2 aliphatic heterocycles. The lowest BCUT2D eigenvalue weighted by Gasteiger charge is -2.29. The molecule has 0 atom stereocenters. The summed E-state index contributed by atoms with van der Waals surface area (Å²) in [6.45, 7) is 6.44. The van der Waals surface area contributed by atoms with Crippen molar-refractivity contribution in [1.29, 1.82) is 0 Å². The fraction of sp³-hybridized carbons (Fsp3) is 0.300. The molecule has 0 saturated carbocycles. The molecule has 4 heteroatoms. The molecule has 0 radical (unpaired) electrons. The predicted molar refractivity (Wildman–Crippen MR) is 146 cm³/mol. The summed E-state index contributed by atoms with van der Waals surface area (Å²) in [5, 5.41) is 3.19. The molecule has 2 heterocycles. The number of anilines is 2. The third-order valence-electron chi connectivity index (χ3n) is 6.82. The summed E-state index contributed by atoms with van der Waals surface area (Å²) in [7, 11) is 0. The van der Waals surface area contributed by atoms with Crippen LogP contribution < -0.4 is 10.2 Å². The first-order chi connectivity index (χ1) is 16.6. The van der Waals surface area contributed by atoms with E-state index in [-0.39, 0.29) is 5.91 Å². The van der Waals surface area contributed by atoms with Crippen LogP contribution in [0.3, 0.4) is 0 Å². The van der Waals surface area contributed by atoms with E-state index in [1.54, 1.807) is 0 Å². The summed E-state index contributed by atoms with van der Waals surface area (Å²) in [6.07, 6.45) is 6.69. The number of rotatable bonds is 4. The van der Waals surface area contributed by atoms with Crippen molar-refractivity contribution in [2.45, 2.75) is 44.4 Å². The molecule has 1 fully saturated rings. The zero-order valence-electron chi connectivity index (χ0n) is 20.1. The molecule has 1 saturated heterocycles. The number of benzene rings is 3. The van der Waals surface area contributed by atoms with Gasteiger partial charge in [0.2, 0.25) is 0 Å². The summed E-state index contributed by atoms with van der Waals surface area (Å²) < 4.78 is 0. The topological polar surface area (TPSA) is 32.3 Å². The molecule has 1 N–H and O–H groups in total. The molecule has 34 heavy (non-hydrogen) atoms. The zero-order valence-corrected chi connectivity index (χ0v) is 20.9. The van der Waals surface area contributed by atoms with E-state index in [1.165, 1.54) is 46.5 Å². The van der Waals surface area contributed by atoms with Gasteiger partial charge in [-0.1, -0.05) is 35.9 Å². The summed E-state index contributed by atoms with van der Waals surface area (Å²) in [6, 6.07) is 21.6. The Morgan fingerprint density at radius 2 is 1.65 bits per heavy atom. The first kappa shape index (κ1) is 22.8. The largest absolute Gasteiger partial charge is 0.372 e. The molecule has 3 aromatic carbocycles. The van der Waals surface area contributed by atoms with E-state index >= 15 is 0 Å². The van der Waals surface area contributed by atoms with Gasteiger partial charge < -0.3 is 10.2 Å². The molecule has 0 aromatic heterocycles. The number of nitrogens with zero attached hydrogens (tertiary/aromatic N) is 1. The number of aryl methyl sites for hydroxylation is 2. The van der Waals surface area contributed by atoms with Crippen LogP contribution in [0.1, 0.15) is 42.4 Å². The maximum absolute atomic E-state index is 13.3. The molecule has 2 aliphatic rings. The summed E-state index contributed by atoms with van der Waals surface area (Å²) in [5.74, 6) is 0.909. The highest BCUT2D eigenvalue weighted by Gasteiger charge is 2.18. The van der Waals surface area contributed by atoms with Crippen molar-refractivity contribution in [3.05, 3.63) is 82.9 Å². The molecular formula is C30H32N2OS. The predicted octanol–water partition coefficient (Wildman–Crippen LogP) is 7.48. The first-order valence-corrected chi connectivity index (χ1v) is 13.3. The zero-order chi connectivity index (χ0) is 23.5. The third kappa shape index (κ3) is 5.07. The van der Waals surface area contributed by atoms with E-state index in [0.717, 1.165) is 47.7 Å². The van der Waals surface area contributed by atoms with Crippen LogP contribution in [0.2, 0.25) is 0 Å². The molecule has 3 aromatic rings. The minimum atomic E-state index is 0.00279. The molecular weight excluding hydrogens is 436 g/mol. The molecule has 0 bridgehead atoms. The Balaban J connectivity index is 1.36. The van der Waals surface area contributed by atoms with Crippen LogP contribution in [0.4, 0.5) is 11.4 Å². The van der Waals surface area contributed by atoms with E-state index in [2.05, 4.69) is 90.8 Å². The average molecular weight is 469 g/mol. The minimum absolute atomic E-state index is 0.00279. The van der Waals surface area contributed by atoms with Gasteiger partial charge in [-0.3, -0.25) is 4.79 Å². The second-order valence-corrected chi connectivity index (χ2v) is 10.5. The Morgan fingerprint density at radius 3 is 2.41 bits per heavy atom. The highest BCUT2D eigenvalue weighted by molar-refractivity contribution is 7.99. The van der Waals surface area contributed by atoms with Gasteiger partial charge in [-0.25, -0.2) is 0 Å². The van der Waals surface area contributed by atoms with Crippen molar-refractivity contribution in [2.75, 3.05) is 29.1 Å². The van der Waals surface area contributed by atoms with Gasteiger partial charge in [-0.15, -0.1) is 11.8 Å². The number of carbonyl (C=O) groups is 1. The number of hydrogen-bond acceptors (Lipinski definition) is 3. The van der Waals surface area contributed by atoms with Crippen molar-refractivity contribution in [3.63, 3.8) is 0 Å². The monoisotopic (exact) mass is 468 g/mol. The number of carbonyl (C=O) groups excluding carboxylic acids is 1. The van der Waals surface area contributed by atoms with Crippen LogP contribution >= 0.6 is 11.8 Å². The number of fused-ring (bicyclic) bond motifs is 1. The van der Waals surface area contributed by atoms with Gasteiger partial charge in [0, 0.05) is 40.7 Å². The molecule has 0 unspecified atom stereocenters.